The summed E-state index contributed by atoms with van der Waals surface area (Å²) in [4.78, 5) is 37.5. The van der Waals surface area contributed by atoms with Crippen molar-refractivity contribution in [3.05, 3.63) is 56.7 Å². The molecule has 0 unspecified atom stereocenters. The fourth-order valence-corrected chi connectivity index (χ4v) is 2.74. The molecule has 0 radical (unpaired) electrons. The monoisotopic (exact) mass is 386 g/mol. The van der Waals surface area contributed by atoms with Crippen LogP contribution < -0.4 is 27.0 Å². The van der Waals surface area contributed by atoms with Crippen molar-refractivity contribution in [2.75, 3.05) is 18.2 Å². The third-order valence-electron chi connectivity index (χ3n) is 4.15. The number of nitrogens with one attached hydrogen (secondary N) is 1. The Labute approximate surface area is 163 Å². The zero-order valence-electron chi connectivity index (χ0n) is 16.4. The fraction of sp³-hybridized carbons (Fsp3) is 0.350. The number of carbonyl (C=O) groups excluding carboxylic acids is 1. The van der Waals surface area contributed by atoms with E-state index in [9.17, 15) is 14.4 Å². The molecule has 8 heteroatoms. The Morgan fingerprint density at radius 3 is 2.29 bits per heavy atom. The summed E-state index contributed by atoms with van der Waals surface area (Å²) in [5.41, 5.74) is 5.68. The third-order valence-corrected chi connectivity index (χ3v) is 4.15. The standard InChI is InChI=1S/C20H26N4O4/c1-4-12-23-18(21)17(19(26)24(13-5-2)20(23)27)22-16(25)11-8-14-6-9-15(28-3)10-7-14/h6-11H,4-5,12-13,21H2,1-3H3,(H,22,25). The number of nitrogens with zero attached hydrogens (tertiary/aromatic N) is 2. The largest absolute Gasteiger partial charge is 0.497 e. The van der Waals surface area contributed by atoms with Crippen molar-refractivity contribution in [1.82, 2.24) is 9.13 Å². The molecule has 0 bridgehead atoms. The highest BCUT2D eigenvalue weighted by Gasteiger charge is 2.17. The van der Waals surface area contributed by atoms with Crippen molar-refractivity contribution in [3.8, 4) is 5.75 Å². The van der Waals surface area contributed by atoms with E-state index in [0.29, 0.717) is 25.1 Å². The highest BCUT2D eigenvalue weighted by Crippen LogP contribution is 2.14. The van der Waals surface area contributed by atoms with Crippen molar-refractivity contribution < 1.29 is 9.53 Å². The molecule has 1 aromatic carbocycles. The second-order valence-corrected chi connectivity index (χ2v) is 6.25. The van der Waals surface area contributed by atoms with Crippen LogP contribution >= 0.6 is 0 Å². The molecule has 0 fully saturated rings. The predicted octanol–water partition coefficient (Wildman–Crippen LogP) is 2.07. The number of methoxy groups -OCH3 is 1. The topological polar surface area (TPSA) is 108 Å². The zero-order chi connectivity index (χ0) is 20.7. The number of anilines is 2. The molecule has 0 aliphatic rings. The van der Waals surface area contributed by atoms with Gasteiger partial charge in [-0.15, -0.1) is 0 Å². The fourth-order valence-electron chi connectivity index (χ4n) is 2.74. The zero-order valence-corrected chi connectivity index (χ0v) is 16.4. The van der Waals surface area contributed by atoms with Gasteiger partial charge in [0.1, 0.15) is 17.3 Å². The van der Waals surface area contributed by atoms with Crippen LogP contribution in [0.3, 0.4) is 0 Å². The first-order valence-electron chi connectivity index (χ1n) is 9.19. The van der Waals surface area contributed by atoms with Crippen molar-refractivity contribution in [1.29, 1.82) is 0 Å². The van der Waals surface area contributed by atoms with Gasteiger partial charge in [-0.25, -0.2) is 4.79 Å². The number of carbonyl (C=O) groups is 1. The van der Waals surface area contributed by atoms with Crippen LogP contribution in [0, 0.1) is 0 Å². The Morgan fingerprint density at radius 1 is 1.11 bits per heavy atom. The van der Waals surface area contributed by atoms with Gasteiger partial charge in [0, 0.05) is 19.2 Å². The van der Waals surface area contributed by atoms with Crippen LogP contribution in [0.1, 0.15) is 32.3 Å². The Morgan fingerprint density at radius 2 is 1.71 bits per heavy atom. The number of nitrogens with two attached hydrogens (primary N) is 1. The van der Waals surface area contributed by atoms with E-state index in [0.717, 1.165) is 10.1 Å². The van der Waals surface area contributed by atoms with Crippen molar-refractivity contribution in [2.45, 2.75) is 39.8 Å². The molecule has 0 saturated heterocycles. The van der Waals surface area contributed by atoms with Gasteiger partial charge in [0.2, 0.25) is 5.91 Å². The Kier molecular flexibility index (Phi) is 7.20. The molecule has 1 amide bonds. The number of nitrogen functional groups attached to an aromatic ring is 1. The Balaban J connectivity index is 2.33. The van der Waals surface area contributed by atoms with Crippen molar-refractivity contribution in [2.24, 2.45) is 0 Å². The van der Waals surface area contributed by atoms with Crippen LogP contribution in [0.25, 0.3) is 6.08 Å². The molecule has 150 valence electrons. The maximum Gasteiger partial charge on any atom is 0.332 e. The SMILES string of the molecule is CCCn1c(N)c(NC(=O)C=Cc2ccc(OC)cc2)c(=O)n(CCC)c1=O. The first-order chi connectivity index (χ1) is 13.4. The summed E-state index contributed by atoms with van der Waals surface area (Å²) in [6.45, 7) is 4.38. The summed E-state index contributed by atoms with van der Waals surface area (Å²) in [5, 5.41) is 2.53. The summed E-state index contributed by atoms with van der Waals surface area (Å²) in [6, 6.07) is 7.15. The van der Waals surface area contributed by atoms with Crippen molar-refractivity contribution >= 4 is 23.5 Å². The van der Waals surface area contributed by atoms with Gasteiger partial charge in [-0.2, -0.15) is 0 Å². The highest BCUT2D eigenvalue weighted by molar-refractivity contribution is 6.03. The molecule has 0 saturated carbocycles. The van der Waals surface area contributed by atoms with E-state index < -0.39 is 17.2 Å². The highest BCUT2D eigenvalue weighted by atomic mass is 16.5. The quantitative estimate of drug-likeness (QED) is 0.675. The Bertz CT molecular complexity index is 971. The van der Waals surface area contributed by atoms with Crippen LogP contribution in [0.2, 0.25) is 0 Å². The number of ether oxygens (including phenoxy) is 1. The minimum absolute atomic E-state index is 0.0320. The molecule has 28 heavy (non-hydrogen) atoms. The lowest BCUT2D eigenvalue weighted by molar-refractivity contribution is -0.111. The smallest absolute Gasteiger partial charge is 0.332 e. The van der Waals surface area contributed by atoms with E-state index in [1.54, 1.807) is 37.5 Å². The molecule has 0 aliphatic carbocycles. The molecule has 0 aliphatic heterocycles. The molecule has 1 aromatic heterocycles. The van der Waals surface area contributed by atoms with E-state index in [2.05, 4.69) is 5.32 Å². The van der Waals surface area contributed by atoms with E-state index >= 15 is 0 Å². The molecule has 0 spiro atoms. The number of rotatable bonds is 8. The van der Waals surface area contributed by atoms with Gasteiger partial charge in [-0.3, -0.25) is 18.7 Å². The van der Waals surface area contributed by atoms with Gasteiger partial charge >= 0.3 is 5.69 Å². The minimum atomic E-state index is -0.595. The van der Waals surface area contributed by atoms with Gasteiger partial charge in [0.15, 0.2) is 0 Å². The van der Waals surface area contributed by atoms with Crippen LogP contribution in [0.4, 0.5) is 11.5 Å². The van der Waals surface area contributed by atoms with Crippen LogP contribution in [0.15, 0.2) is 39.9 Å². The van der Waals surface area contributed by atoms with Gasteiger partial charge in [0.05, 0.1) is 7.11 Å². The van der Waals surface area contributed by atoms with Crippen LogP contribution in [-0.4, -0.2) is 22.2 Å². The molecule has 0 atom stereocenters. The number of hydrogen-bond acceptors (Lipinski definition) is 5. The van der Waals surface area contributed by atoms with E-state index in [1.807, 2.05) is 13.8 Å². The van der Waals surface area contributed by atoms with Gasteiger partial charge in [0.25, 0.3) is 5.56 Å². The van der Waals surface area contributed by atoms with Crippen LogP contribution in [0.5, 0.6) is 5.75 Å². The molecular weight excluding hydrogens is 360 g/mol. The average Bonchev–Trinajstić information content (AvgIpc) is 2.70. The molecular formula is C20H26N4O4. The third kappa shape index (κ3) is 4.70. The lowest BCUT2D eigenvalue weighted by Crippen LogP contribution is -2.42. The van der Waals surface area contributed by atoms with Crippen LogP contribution in [-0.2, 0) is 17.9 Å². The lowest BCUT2D eigenvalue weighted by atomic mass is 10.2. The van der Waals surface area contributed by atoms with Crippen molar-refractivity contribution in [3.63, 3.8) is 0 Å². The predicted molar refractivity (Wildman–Crippen MR) is 111 cm³/mol. The van der Waals surface area contributed by atoms with Gasteiger partial charge < -0.3 is 15.8 Å². The summed E-state index contributed by atoms with van der Waals surface area (Å²) >= 11 is 0. The van der Waals surface area contributed by atoms with E-state index in [1.165, 1.54) is 10.6 Å². The second kappa shape index (κ2) is 9.59. The Hall–Kier alpha value is -3.29. The number of benzene rings is 1. The lowest BCUT2D eigenvalue weighted by Gasteiger charge is -2.16. The normalized spacial score (nSPS) is 11.0. The average molecular weight is 386 g/mol. The first-order valence-corrected chi connectivity index (χ1v) is 9.19. The van der Waals surface area contributed by atoms with Gasteiger partial charge in [-0.05, 0) is 36.6 Å². The number of hydrogen-bond donors (Lipinski definition) is 2. The molecule has 1 heterocycles. The maximum atomic E-state index is 12.7. The maximum absolute atomic E-state index is 12.7. The second-order valence-electron chi connectivity index (χ2n) is 6.25. The minimum Gasteiger partial charge on any atom is -0.497 e. The molecule has 2 aromatic rings. The molecule has 3 N–H and O–H groups in total. The summed E-state index contributed by atoms with van der Waals surface area (Å²) in [6.07, 6.45) is 4.19. The number of amides is 1. The number of aromatic nitrogens is 2. The summed E-state index contributed by atoms with van der Waals surface area (Å²) in [7, 11) is 1.58. The molecule has 2 rings (SSSR count). The van der Waals surface area contributed by atoms with E-state index in [4.69, 9.17) is 10.5 Å². The summed E-state index contributed by atoms with van der Waals surface area (Å²) in [5.74, 6) is 0.170. The molecule has 8 nitrogen and oxygen atoms in total. The summed E-state index contributed by atoms with van der Waals surface area (Å²) < 4.78 is 7.51. The van der Waals surface area contributed by atoms with E-state index in [-0.39, 0.29) is 18.1 Å². The van der Waals surface area contributed by atoms with Gasteiger partial charge in [-0.1, -0.05) is 26.0 Å². The first kappa shape index (κ1) is 21.0.